The highest BCUT2D eigenvalue weighted by Gasteiger charge is 2.43. The van der Waals surface area contributed by atoms with Gasteiger partial charge in [-0.25, -0.2) is 0 Å². The standard InChI is InChI=1S/C13H20N2O2/c1-15-8-13(7-14,9-15)11-5-4-10(16-2)6-12(11)17-3/h4-6H,7-9,14H2,1-3H3. The van der Waals surface area contributed by atoms with Gasteiger partial charge in [-0.05, 0) is 13.1 Å². The van der Waals surface area contributed by atoms with Crippen molar-refractivity contribution in [1.82, 2.24) is 4.90 Å². The minimum atomic E-state index is 0.0341. The maximum atomic E-state index is 5.94. The number of nitrogens with two attached hydrogens (primary N) is 1. The van der Waals surface area contributed by atoms with Crippen LogP contribution in [0, 0.1) is 0 Å². The Kier molecular flexibility index (Phi) is 3.26. The number of benzene rings is 1. The van der Waals surface area contributed by atoms with E-state index in [1.54, 1.807) is 14.2 Å². The molecule has 0 aromatic heterocycles. The maximum Gasteiger partial charge on any atom is 0.126 e. The average molecular weight is 236 g/mol. The first-order chi connectivity index (χ1) is 8.15. The third-order valence-corrected chi connectivity index (χ3v) is 3.52. The summed E-state index contributed by atoms with van der Waals surface area (Å²) in [6.45, 7) is 2.60. The Morgan fingerprint density at radius 1 is 1.29 bits per heavy atom. The lowest BCUT2D eigenvalue weighted by molar-refractivity contribution is 0.0976. The number of likely N-dealkylation sites (tertiary alicyclic amines) is 1. The van der Waals surface area contributed by atoms with E-state index in [-0.39, 0.29) is 5.41 Å². The fourth-order valence-electron chi connectivity index (χ4n) is 2.63. The van der Waals surface area contributed by atoms with Gasteiger partial charge < -0.3 is 20.1 Å². The van der Waals surface area contributed by atoms with Crippen LogP contribution in [-0.4, -0.2) is 45.8 Å². The van der Waals surface area contributed by atoms with E-state index < -0.39 is 0 Å². The second-order valence-electron chi connectivity index (χ2n) is 4.72. The molecular weight excluding hydrogens is 216 g/mol. The molecule has 0 amide bonds. The molecule has 0 spiro atoms. The molecule has 0 unspecified atom stereocenters. The number of rotatable bonds is 4. The summed E-state index contributed by atoms with van der Waals surface area (Å²) in [7, 11) is 5.44. The molecule has 2 rings (SSSR count). The van der Waals surface area contributed by atoms with Crippen LogP contribution in [-0.2, 0) is 5.41 Å². The predicted octanol–water partition coefficient (Wildman–Crippen LogP) is 0.846. The van der Waals surface area contributed by atoms with E-state index in [1.165, 1.54) is 5.56 Å². The number of likely N-dealkylation sites (N-methyl/N-ethyl adjacent to an activating group) is 1. The molecule has 2 N–H and O–H groups in total. The molecule has 1 aromatic carbocycles. The largest absolute Gasteiger partial charge is 0.497 e. The molecule has 1 saturated heterocycles. The van der Waals surface area contributed by atoms with Crippen LogP contribution in [0.5, 0.6) is 11.5 Å². The predicted molar refractivity (Wildman–Crippen MR) is 67.8 cm³/mol. The second-order valence-corrected chi connectivity index (χ2v) is 4.72. The SMILES string of the molecule is COc1ccc(C2(CN)CN(C)C2)c(OC)c1. The molecule has 1 aromatic rings. The highest BCUT2D eigenvalue weighted by Crippen LogP contribution is 2.39. The lowest BCUT2D eigenvalue weighted by Gasteiger charge is -2.48. The quantitative estimate of drug-likeness (QED) is 0.842. The van der Waals surface area contributed by atoms with E-state index >= 15 is 0 Å². The number of ether oxygens (including phenoxy) is 2. The van der Waals surface area contributed by atoms with Crippen molar-refractivity contribution in [2.75, 3.05) is 40.9 Å². The van der Waals surface area contributed by atoms with Crippen molar-refractivity contribution >= 4 is 0 Å². The molecule has 1 fully saturated rings. The van der Waals surface area contributed by atoms with Crippen molar-refractivity contribution < 1.29 is 9.47 Å². The Hall–Kier alpha value is -1.26. The lowest BCUT2D eigenvalue weighted by Crippen LogP contribution is -2.61. The van der Waals surface area contributed by atoms with Gasteiger partial charge in [0.25, 0.3) is 0 Å². The van der Waals surface area contributed by atoms with Crippen molar-refractivity contribution in [3.63, 3.8) is 0 Å². The van der Waals surface area contributed by atoms with Crippen LogP contribution in [0.25, 0.3) is 0 Å². The van der Waals surface area contributed by atoms with Crippen LogP contribution < -0.4 is 15.2 Å². The number of nitrogens with zero attached hydrogens (tertiary/aromatic N) is 1. The van der Waals surface area contributed by atoms with Crippen LogP contribution in [0.1, 0.15) is 5.56 Å². The fourth-order valence-corrected chi connectivity index (χ4v) is 2.63. The molecule has 0 aliphatic carbocycles. The van der Waals surface area contributed by atoms with Gasteiger partial charge in [-0.1, -0.05) is 6.07 Å². The topological polar surface area (TPSA) is 47.7 Å². The Bertz CT molecular complexity index is 400. The van der Waals surface area contributed by atoms with Crippen LogP contribution >= 0.6 is 0 Å². The van der Waals surface area contributed by atoms with Gasteiger partial charge >= 0.3 is 0 Å². The molecule has 0 saturated carbocycles. The summed E-state index contributed by atoms with van der Waals surface area (Å²) in [4.78, 5) is 2.26. The molecule has 17 heavy (non-hydrogen) atoms. The van der Waals surface area contributed by atoms with Gasteiger partial charge in [0.2, 0.25) is 0 Å². The zero-order valence-corrected chi connectivity index (χ0v) is 10.7. The third-order valence-electron chi connectivity index (χ3n) is 3.52. The van der Waals surface area contributed by atoms with Gasteiger partial charge in [-0.2, -0.15) is 0 Å². The monoisotopic (exact) mass is 236 g/mol. The van der Waals surface area contributed by atoms with Crippen LogP contribution in [0.15, 0.2) is 18.2 Å². The molecule has 94 valence electrons. The number of hydrogen-bond acceptors (Lipinski definition) is 4. The average Bonchev–Trinajstić information content (AvgIpc) is 2.34. The number of methoxy groups -OCH3 is 2. The first kappa shape index (κ1) is 12.2. The van der Waals surface area contributed by atoms with Crippen LogP contribution in [0.4, 0.5) is 0 Å². The summed E-state index contributed by atoms with van der Waals surface area (Å²) in [5.41, 5.74) is 7.16. The summed E-state index contributed by atoms with van der Waals surface area (Å²) in [6.07, 6.45) is 0. The summed E-state index contributed by atoms with van der Waals surface area (Å²) in [5.74, 6) is 1.67. The van der Waals surface area contributed by atoms with Gasteiger partial charge in [0, 0.05) is 36.7 Å². The molecule has 1 aliphatic heterocycles. The highest BCUT2D eigenvalue weighted by atomic mass is 16.5. The molecule has 4 nitrogen and oxygen atoms in total. The Morgan fingerprint density at radius 3 is 2.47 bits per heavy atom. The van der Waals surface area contributed by atoms with Gasteiger partial charge in [-0.3, -0.25) is 0 Å². The lowest BCUT2D eigenvalue weighted by atomic mass is 9.73. The van der Waals surface area contributed by atoms with E-state index in [4.69, 9.17) is 15.2 Å². The molecule has 1 heterocycles. The number of hydrogen-bond donors (Lipinski definition) is 1. The Labute approximate surface area is 102 Å². The highest BCUT2D eigenvalue weighted by molar-refractivity contribution is 5.47. The van der Waals surface area contributed by atoms with Crippen LogP contribution in [0.2, 0.25) is 0 Å². The Morgan fingerprint density at radius 2 is 2.00 bits per heavy atom. The van der Waals surface area contributed by atoms with Gasteiger partial charge in [-0.15, -0.1) is 0 Å². The first-order valence-corrected chi connectivity index (χ1v) is 5.76. The molecule has 0 atom stereocenters. The van der Waals surface area contributed by atoms with Crippen molar-refractivity contribution in [2.45, 2.75) is 5.41 Å². The molecule has 0 bridgehead atoms. The first-order valence-electron chi connectivity index (χ1n) is 5.76. The van der Waals surface area contributed by atoms with Crippen molar-refractivity contribution in [1.29, 1.82) is 0 Å². The minimum absolute atomic E-state index is 0.0341. The van der Waals surface area contributed by atoms with Crippen molar-refractivity contribution in [3.8, 4) is 11.5 Å². The summed E-state index contributed by atoms with van der Waals surface area (Å²) < 4.78 is 10.7. The van der Waals surface area contributed by atoms with Crippen LogP contribution in [0.3, 0.4) is 0 Å². The molecular formula is C13H20N2O2. The zero-order chi connectivity index (χ0) is 12.5. The van der Waals surface area contributed by atoms with E-state index in [2.05, 4.69) is 18.0 Å². The summed E-state index contributed by atoms with van der Waals surface area (Å²) >= 11 is 0. The van der Waals surface area contributed by atoms with E-state index in [1.807, 2.05) is 12.1 Å². The maximum absolute atomic E-state index is 5.94. The Balaban J connectivity index is 2.37. The van der Waals surface area contributed by atoms with E-state index in [9.17, 15) is 0 Å². The van der Waals surface area contributed by atoms with Crippen molar-refractivity contribution in [2.24, 2.45) is 5.73 Å². The molecule has 1 aliphatic rings. The van der Waals surface area contributed by atoms with Gasteiger partial charge in [0.05, 0.1) is 14.2 Å². The zero-order valence-electron chi connectivity index (χ0n) is 10.7. The second kappa shape index (κ2) is 4.55. The van der Waals surface area contributed by atoms with Crippen molar-refractivity contribution in [3.05, 3.63) is 23.8 Å². The van der Waals surface area contributed by atoms with Gasteiger partial charge in [0.1, 0.15) is 11.5 Å². The normalized spacial score (nSPS) is 18.6. The fraction of sp³-hybridized carbons (Fsp3) is 0.538. The van der Waals surface area contributed by atoms with E-state index in [0.717, 1.165) is 24.6 Å². The van der Waals surface area contributed by atoms with Gasteiger partial charge in [0.15, 0.2) is 0 Å². The van der Waals surface area contributed by atoms with E-state index in [0.29, 0.717) is 6.54 Å². The minimum Gasteiger partial charge on any atom is -0.497 e. The smallest absolute Gasteiger partial charge is 0.126 e. The summed E-state index contributed by atoms with van der Waals surface area (Å²) in [6, 6.07) is 5.95. The summed E-state index contributed by atoms with van der Waals surface area (Å²) in [5, 5.41) is 0. The molecule has 4 heteroatoms. The molecule has 0 radical (unpaired) electrons. The third kappa shape index (κ3) is 1.98.